The second-order valence-corrected chi connectivity index (χ2v) is 5.26. The van der Waals surface area contributed by atoms with Crippen LogP contribution in [0, 0.1) is 0 Å². The number of nitrogens with zero attached hydrogens (tertiary/aromatic N) is 2. The first-order valence-electron chi connectivity index (χ1n) is 6.76. The normalized spacial score (nSPS) is 18.1. The van der Waals surface area contributed by atoms with Crippen molar-refractivity contribution in [3.8, 4) is 11.3 Å². The number of halogens is 1. The number of aromatic nitrogens is 2. The van der Waals surface area contributed by atoms with Crippen LogP contribution in [0.5, 0.6) is 0 Å². The predicted octanol–water partition coefficient (Wildman–Crippen LogP) is 3.39. The van der Waals surface area contributed by atoms with Gasteiger partial charge in [-0.15, -0.1) is 10.2 Å². The fourth-order valence-corrected chi connectivity index (χ4v) is 2.35. The van der Waals surface area contributed by atoms with Crippen molar-refractivity contribution in [2.45, 2.75) is 18.9 Å². The third kappa shape index (κ3) is 3.26. The van der Waals surface area contributed by atoms with E-state index in [0.717, 1.165) is 48.1 Å². The van der Waals surface area contributed by atoms with Crippen LogP contribution in [0.3, 0.4) is 0 Å². The van der Waals surface area contributed by atoms with Crippen LogP contribution in [0.25, 0.3) is 11.3 Å². The first-order valence-corrected chi connectivity index (χ1v) is 7.14. The molecule has 2 aromatic rings. The Labute approximate surface area is 123 Å². The number of nitrogens with one attached hydrogen (secondary N) is 1. The Hall–Kier alpha value is -1.65. The lowest BCUT2D eigenvalue weighted by molar-refractivity contribution is 0.120. The van der Waals surface area contributed by atoms with Crippen molar-refractivity contribution in [3.05, 3.63) is 41.4 Å². The largest absolute Gasteiger partial charge is 0.376 e. The van der Waals surface area contributed by atoms with Crippen LogP contribution in [0.4, 0.5) is 5.82 Å². The molecule has 2 heterocycles. The number of benzene rings is 1. The first kappa shape index (κ1) is 13.3. The van der Waals surface area contributed by atoms with Crippen molar-refractivity contribution < 1.29 is 4.74 Å². The third-order valence-corrected chi connectivity index (χ3v) is 3.59. The molecule has 1 aromatic heterocycles. The van der Waals surface area contributed by atoms with Gasteiger partial charge >= 0.3 is 0 Å². The van der Waals surface area contributed by atoms with Crippen molar-refractivity contribution in [2.24, 2.45) is 0 Å². The molecule has 5 heteroatoms. The molecule has 1 N–H and O–H groups in total. The minimum Gasteiger partial charge on any atom is -0.376 e. The fourth-order valence-electron chi connectivity index (χ4n) is 2.22. The molecular formula is C15H16ClN3O. The molecule has 1 unspecified atom stereocenters. The van der Waals surface area contributed by atoms with E-state index in [4.69, 9.17) is 16.3 Å². The lowest BCUT2D eigenvalue weighted by Gasteiger charge is -2.10. The Morgan fingerprint density at radius 3 is 2.65 bits per heavy atom. The van der Waals surface area contributed by atoms with E-state index in [1.807, 2.05) is 36.4 Å². The Kier molecular flexibility index (Phi) is 4.14. The van der Waals surface area contributed by atoms with Crippen LogP contribution in [0.15, 0.2) is 36.4 Å². The molecule has 0 radical (unpaired) electrons. The second-order valence-electron chi connectivity index (χ2n) is 4.83. The van der Waals surface area contributed by atoms with E-state index in [-0.39, 0.29) is 0 Å². The molecule has 20 heavy (non-hydrogen) atoms. The summed E-state index contributed by atoms with van der Waals surface area (Å²) in [6, 6.07) is 11.5. The van der Waals surface area contributed by atoms with Crippen molar-refractivity contribution in [2.75, 3.05) is 18.5 Å². The number of rotatable bonds is 4. The van der Waals surface area contributed by atoms with Gasteiger partial charge in [0.2, 0.25) is 0 Å². The Bertz CT molecular complexity index is 550. The van der Waals surface area contributed by atoms with Gasteiger partial charge in [0, 0.05) is 23.7 Å². The molecule has 0 saturated carbocycles. The molecule has 1 saturated heterocycles. The molecule has 0 bridgehead atoms. The highest BCUT2D eigenvalue weighted by Gasteiger charge is 2.15. The SMILES string of the molecule is Clc1ccc(-c2ccc(NCC3CCCO3)nn2)cc1. The van der Waals surface area contributed by atoms with Crippen LogP contribution in [-0.2, 0) is 4.74 Å². The summed E-state index contributed by atoms with van der Waals surface area (Å²) in [4.78, 5) is 0. The summed E-state index contributed by atoms with van der Waals surface area (Å²) >= 11 is 5.87. The highest BCUT2D eigenvalue weighted by atomic mass is 35.5. The van der Waals surface area contributed by atoms with Gasteiger partial charge in [0.1, 0.15) is 5.82 Å². The van der Waals surface area contributed by atoms with E-state index in [1.165, 1.54) is 0 Å². The highest BCUT2D eigenvalue weighted by molar-refractivity contribution is 6.30. The number of ether oxygens (including phenoxy) is 1. The van der Waals surface area contributed by atoms with E-state index in [0.29, 0.717) is 6.10 Å². The number of hydrogen-bond donors (Lipinski definition) is 1. The van der Waals surface area contributed by atoms with E-state index in [2.05, 4.69) is 15.5 Å². The summed E-state index contributed by atoms with van der Waals surface area (Å²) in [5.74, 6) is 0.776. The molecule has 1 aliphatic heterocycles. The maximum Gasteiger partial charge on any atom is 0.148 e. The molecule has 1 aromatic carbocycles. The summed E-state index contributed by atoms with van der Waals surface area (Å²) in [7, 11) is 0. The molecule has 0 spiro atoms. The van der Waals surface area contributed by atoms with Crippen LogP contribution in [-0.4, -0.2) is 29.5 Å². The van der Waals surface area contributed by atoms with E-state index < -0.39 is 0 Å². The summed E-state index contributed by atoms with van der Waals surface area (Å²) in [5.41, 5.74) is 1.84. The average Bonchev–Trinajstić information content (AvgIpc) is 3.00. The van der Waals surface area contributed by atoms with Gasteiger partial charge < -0.3 is 10.1 Å². The maximum absolute atomic E-state index is 5.87. The van der Waals surface area contributed by atoms with Gasteiger partial charge in [-0.3, -0.25) is 0 Å². The third-order valence-electron chi connectivity index (χ3n) is 3.34. The van der Waals surface area contributed by atoms with Crippen LogP contribution in [0.2, 0.25) is 5.02 Å². The predicted molar refractivity (Wildman–Crippen MR) is 79.9 cm³/mol. The van der Waals surface area contributed by atoms with Gasteiger partial charge in [0.05, 0.1) is 11.8 Å². The smallest absolute Gasteiger partial charge is 0.148 e. The standard InChI is InChI=1S/C15H16ClN3O/c16-12-5-3-11(4-6-12)14-7-8-15(19-18-14)17-10-13-2-1-9-20-13/h3-8,13H,1-2,9-10H2,(H,17,19). The fraction of sp³-hybridized carbons (Fsp3) is 0.333. The lowest BCUT2D eigenvalue weighted by atomic mass is 10.1. The molecule has 4 nitrogen and oxygen atoms in total. The van der Waals surface area contributed by atoms with Crippen LogP contribution >= 0.6 is 11.6 Å². The Balaban J connectivity index is 1.63. The zero-order chi connectivity index (χ0) is 13.8. The van der Waals surface area contributed by atoms with E-state index >= 15 is 0 Å². The molecular weight excluding hydrogens is 274 g/mol. The highest BCUT2D eigenvalue weighted by Crippen LogP contribution is 2.20. The zero-order valence-corrected chi connectivity index (χ0v) is 11.8. The molecule has 0 amide bonds. The first-order chi connectivity index (χ1) is 9.81. The zero-order valence-electron chi connectivity index (χ0n) is 11.1. The molecule has 1 fully saturated rings. The number of anilines is 1. The molecule has 3 rings (SSSR count). The minimum absolute atomic E-state index is 0.299. The maximum atomic E-state index is 5.87. The quantitative estimate of drug-likeness (QED) is 0.937. The molecule has 0 aliphatic carbocycles. The van der Waals surface area contributed by atoms with E-state index in [9.17, 15) is 0 Å². The van der Waals surface area contributed by atoms with Crippen LogP contribution < -0.4 is 5.32 Å². The van der Waals surface area contributed by atoms with Gasteiger partial charge in [-0.25, -0.2) is 0 Å². The summed E-state index contributed by atoms with van der Waals surface area (Å²) < 4.78 is 5.56. The van der Waals surface area contributed by atoms with Gasteiger partial charge in [-0.1, -0.05) is 23.7 Å². The Morgan fingerprint density at radius 1 is 1.15 bits per heavy atom. The average molecular weight is 290 g/mol. The topological polar surface area (TPSA) is 47.0 Å². The van der Waals surface area contributed by atoms with Gasteiger partial charge in [-0.2, -0.15) is 0 Å². The monoisotopic (exact) mass is 289 g/mol. The summed E-state index contributed by atoms with van der Waals surface area (Å²) in [6.07, 6.45) is 2.56. The van der Waals surface area contributed by atoms with Crippen molar-refractivity contribution in [1.82, 2.24) is 10.2 Å². The second kappa shape index (κ2) is 6.20. The molecule has 1 atom stereocenters. The van der Waals surface area contributed by atoms with Crippen molar-refractivity contribution in [3.63, 3.8) is 0 Å². The Morgan fingerprint density at radius 2 is 2.00 bits per heavy atom. The summed E-state index contributed by atoms with van der Waals surface area (Å²) in [5, 5.41) is 12.4. The van der Waals surface area contributed by atoms with Crippen LogP contribution in [0.1, 0.15) is 12.8 Å². The molecule has 1 aliphatic rings. The lowest BCUT2D eigenvalue weighted by Crippen LogP contribution is -2.19. The van der Waals surface area contributed by atoms with E-state index in [1.54, 1.807) is 0 Å². The minimum atomic E-state index is 0.299. The molecule has 104 valence electrons. The van der Waals surface area contributed by atoms with Crippen molar-refractivity contribution in [1.29, 1.82) is 0 Å². The van der Waals surface area contributed by atoms with Gasteiger partial charge in [0.25, 0.3) is 0 Å². The van der Waals surface area contributed by atoms with Gasteiger partial charge in [0.15, 0.2) is 0 Å². The van der Waals surface area contributed by atoms with Gasteiger partial charge in [-0.05, 0) is 37.1 Å². The number of hydrogen-bond acceptors (Lipinski definition) is 4. The summed E-state index contributed by atoms with van der Waals surface area (Å²) in [6.45, 7) is 1.66. The van der Waals surface area contributed by atoms with Crippen molar-refractivity contribution >= 4 is 17.4 Å².